The predicted octanol–water partition coefficient (Wildman–Crippen LogP) is 5.21. The van der Waals surface area contributed by atoms with Crippen LogP contribution in [0.2, 0.25) is 0 Å². The molecule has 0 aliphatic heterocycles. The fraction of sp³-hybridized carbons (Fsp3) is 0.381. The largest absolute Gasteiger partial charge is 0.417 e. The SMILES string of the molecule is CC1(C)CCCC/C1=N/n1c(-c2ccccc2)cc(C(F)(F)F)c(C#N)c1=O. The van der Waals surface area contributed by atoms with Crippen LogP contribution in [0.3, 0.4) is 0 Å². The van der Waals surface area contributed by atoms with Gasteiger partial charge in [-0.15, -0.1) is 0 Å². The van der Waals surface area contributed by atoms with Gasteiger partial charge in [-0.2, -0.15) is 28.2 Å². The van der Waals surface area contributed by atoms with Crippen LogP contribution in [0.15, 0.2) is 46.3 Å². The molecule has 0 N–H and O–H groups in total. The van der Waals surface area contributed by atoms with E-state index in [2.05, 4.69) is 5.10 Å². The Labute approximate surface area is 160 Å². The first-order valence-electron chi connectivity index (χ1n) is 9.06. The van der Waals surface area contributed by atoms with Crippen LogP contribution in [-0.2, 0) is 6.18 Å². The molecule has 1 heterocycles. The minimum atomic E-state index is -4.82. The maximum absolute atomic E-state index is 13.5. The summed E-state index contributed by atoms with van der Waals surface area (Å²) in [5.74, 6) is 0. The van der Waals surface area contributed by atoms with Gasteiger partial charge in [0, 0.05) is 16.7 Å². The number of hydrogen-bond donors (Lipinski definition) is 0. The second-order valence-electron chi connectivity index (χ2n) is 7.55. The van der Waals surface area contributed by atoms with E-state index in [1.165, 1.54) is 6.07 Å². The van der Waals surface area contributed by atoms with Crippen LogP contribution in [-0.4, -0.2) is 10.4 Å². The highest BCUT2D eigenvalue weighted by Gasteiger charge is 2.37. The van der Waals surface area contributed by atoms with Gasteiger partial charge in [0.1, 0.15) is 11.6 Å². The van der Waals surface area contributed by atoms with Gasteiger partial charge >= 0.3 is 6.18 Å². The molecule has 0 amide bonds. The van der Waals surface area contributed by atoms with Crippen molar-refractivity contribution in [1.82, 2.24) is 4.68 Å². The number of halogens is 3. The number of aromatic nitrogens is 1. The molecule has 0 spiro atoms. The second kappa shape index (κ2) is 7.27. The van der Waals surface area contributed by atoms with Crippen LogP contribution in [0.1, 0.15) is 50.7 Å². The summed E-state index contributed by atoms with van der Waals surface area (Å²) in [5, 5.41) is 13.7. The minimum absolute atomic E-state index is 0.0193. The number of alkyl halides is 3. The van der Waals surface area contributed by atoms with E-state index < -0.39 is 22.9 Å². The summed E-state index contributed by atoms with van der Waals surface area (Å²) in [5.41, 5.74) is -2.30. The molecule has 0 bridgehead atoms. The molecule has 1 aromatic carbocycles. The van der Waals surface area contributed by atoms with Crippen molar-refractivity contribution in [1.29, 1.82) is 5.26 Å². The van der Waals surface area contributed by atoms with Gasteiger partial charge in [0.25, 0.3) is 5.56 Å². The molecule has 4 nitrogen and oxygen atoms in total. The van der Waals surface area contributed by atoms with Crippen LogP contribution in [0, 0.1) is 16.7 Å². The molecule has 1 aliphatic rings. The number of hydrogen-bond acceptors (Lipinski definition) is 3. The fourth-order valence-electron chi connectivity index (χ4n) is 3.49. The Kier molecular flexibility index (Phi) is 5.16. The third-order valence-corrected chi connectivity index (χ3v) is 5.14. The van der Waals surface area contributed by atoms with Crippen molar-refractivity contribution in [2.75, 3.05) is 0 Å². The number of pyridine rings is 1. The Morgan fingerprint density at radius 3 is 2.43 bits per heavy atom. The molecule has 1 fully saturated rings. The van der Waals surface area contributed by atoms with Crippen molar-refractivity contribution in [3.05, 3.63) is 57.9 Å². The zero-order chi connectivity index (χ0) is 20.5. The van der Waals surface area contributed by atoms with Gasteiger partial charge in [-0.3, -0.25) is 4.79 Å². The molecule has 3 rings (SSSR count). The Morgan fingerprint density at radius 2 is 1.86 bits per heavy atom. The van der Waals surface area contributed by atoms with Gasteiger partial charge < -0.3 is 0 Å². The first-order chi connectivity index (χ1) is 13.1. The third-order valence-electron chi connectivity index (χ3n) is 5.14. The van der Waals surface area contributed by atoms with E-state index in [9.17, 15) is 23.2 Å². The average molecular weight is 387 g/mol. The number of nitriles is 1. The van der Waals surface area contributed by atoms with E-state index in [1.807, 2.05) is 13.8 Å². The highest BCUT2D eigenvalue weighted by Crippen LogP contribution is 2.35. The fourth-order valence-corrected chi connectivity index (χ4v) is 3.49. The monoisotopic (exact) mass is 387 g/mol. The van der Waals surface area contributed by atoms with E-state index in [0.29, 0.717) is 12.0 Å². The van der Waals surface area contributed by atoms with Crippen LogP contribution < -0.4 is 5.56 Å². The second-order valence-corrected chi connectivity index (χ2v) is 7.55. The highest BCUT2D eigenvalue weighted by molar-refractivity contribution is 5.90. The van der Waals surface area contributed by atoms with Crippen molar-refractivity contribution in [3.8, 4) is 17.3 Å². The Hall–Kier alpha value is -2.88. The maximum Gasteiger partial charge on any atom is 0.417 e. The van der Waals surface area contributed by atoms with E-state index in [-0.39, 0.29) is 11.1 Å². The standard InChI is InChI=1S/C21H20F3N3O/c1-20(2)11-7-6-10-18(20)26-27-17(14-8-4-3-5-9-14)12-16(21(22,23)24)15(13-25)19(27)28/h3-5,8-9,12H,6-7,10-11H2,1-2H3/b26-18-. The Bertz CT molecular complexity index is 1010. The Balaban J connectivity index is 2.35. The lowest BCUT2D eigenvalue weighted by Crippen LogP contribution is -2.32. The van der Waals surface area contributed by atoms with Crippen molar-refractivity contribution in [2.45, 2.75) is 45.7 Å². The van der Waals surface area contributed by atoms with E-state index in [0.717, 1.165) is 35.7 Å². The molecule has 0 saturated heterocycles. The molecule has 28 heavy (non-hydrogen) atoms. The molecule has 146 valence electrons. The lowest BCUT2D eigenvalue weighted by molar-refractivity contribution is -0.137. The molecule has 1 saturated carbocycles. The smallest absolute Gasteiger partial charge is 0.266 e. The van der Waals surface area contributed by atoms with Crippen LogP contribution >= 0.6 is 0 Å². The van der Waals surface area contributed by atoms with Crippen molar-refractivity contribution < 1.29 is 13.2 Å². The Morgan fingerprint density at radius 1 is 1.18 bits per heavy atom. The van der Waals surface area contributed by atoms with E-state index in [1.54, 1.807) is 30.3 Å². The molecule has 0 radical (unpaired) electrons. The van der Waals surface area contributed by atoms with Gasteiger partial charge in [0.05, 0.1) is 11.3 Å². The number of benzene rings is 1. The van der Waals surface area contributed by atoms with Crippen LogP contribution in [0.5, 0.6) is 0 Å². The van der Waals surface area contributed by atoms with Gasteiger partial charge in [-0.1, -0.05) is 50.6 Å². The van der Waals surface area contributed by atoms with Gasteiger partial charge in [-0.05, 0) is 25.3 Å². The summed E-state index contributed by atoms with van der Waals surface area (Å²) in [6.07, 6.45) is -1.33. The summed E-state index contributed by atoms with van der Waals surface area (Å²) in [7, 11) is 0. The highest BCUT2D eigenvalue weighted by atomic mass is 19.4. The lowest BCUT2D eigenvalue weighted by Gasteiger charge is -2.31. The lowest BCUT2D eigenvalue weighted by atomic mass is 9.76. The van der Waals surface area contributed by atoms with E-state index >= 15 is 0 Å². The minimum Gasteiger partial charge on any atom is -0.266 e. The quantitative estimate of drug-likeness (QED) is 0.710. The zero-order valence-electron chi connectivity index (χ0n) is 15.7. The van der Waals surface area contributed by atoms with E-state index in [4.69, 9.17) is 0 Å². The molecular formula is C21H20F3N3O. The van der Waals surface area contributed by atoms with Crippen molar-refractivity contribution >= 4 is 5.71 Å². The first kappa shape index (κ1) is 19.9. The van der Waals surface area contributed by atoms with Gasteiger partial charge in [0.15, 0.2) is 0 Å². The molecular weight excluding hydrogens is 367 g/mol. The predicted molar refractivity (Wildman–Crippen MR) is 101 cm³/mol. The topological polar surface area (TPSA) is 58.1 Å². The van der Waals surface area contributed by atoms with Crippen LogP contribution in [0.4, 0.5) is 13.2 Å². The summed E-state index contributed by atoms with van der Waals surface area (Å²) >= 11 is 0. The molecule has 1 aliphatic carbocycles. The number of rotatable bonds is 2. The summed E-state index contributed by atoms with van der Waals surface area (Å²) in [6, 6.07) is 10.6. The van der Waals surface area contributed by atoms with Gasteiger partial charge in [0.2, 0.25) is 0 Å². The normalized spacial score (nSPS) is 18.1. The van der Waals surface area contributed by atoms with Gasteiger partial charge in [-0.25, -0.2) is 0 Å². The molecule has 1 aromatic heterocycles. The molecule has 7 heteroatoms. The maximum atomic E-state index is 13.5. The summed E-state index contributed by atoms with van der Waals surface area (Å²) in [4.78, 5) is 12.9. The third kappa shape index (κ3) is 3.72. The molecule has 0 unspecified atom stereocenters. The number of nitrogens with zero attached hydrogens (tertiary/aromatic N) is 3. The molecule has 0 atom stereocenters. The first-order valence-corrected chi connectivity index (χ1v) is 9.06. The molecule has 2 aromatic rings. The van der Waals surface area contributed by atoms with Crippen molar-refractivity contribution in [3.63, 3.8) is 0 Å². The summed E-state index contributed by atoms with van der Waals surface area (Å²) in [6.45, 7) is 4.01. The summed E-state index contributed by atoms with van der Waals surface area (Å²) < 4.78 is 41.4. The zero-order valence-corrected chi connectivity index (χ0v) is 15.7. The van der Waals surface area contributed by atoms with Crippen LogP contribution in [0.25, 0.3) is 11.3 Å². The van der Waals surface area contributed by atoms with Crippen molar-refractivity contribution in [2.24, 2.45) is 10.5 Å². The average Bonchev–Trinajstić information content (AvgIpc) is 2.64.